The van der Waals surface area contributed by atoms with E-state index in [-0.39, 0.29) is 5.54 Å². The van der Waals surface area contributed by atoms with Gasteiger partial charge in [0.05, 0.1) is 10.9 Å². The fraction of sp³-hybridized carbons (Fsp3) is 0.538. The van der Waals surface area contributed by atoms with Crippen molar-refractivity contribution in [1.29, 1.82) is 0 Å². The van der Waals surface area contributed by atoms with Crippen LogP contribution in [0.25, 0.3) is 11.2 Å². The Kier molecular flexibility index (Phi) is 2.99. The van der Waals surface area contributed by atoms with E-state index in [0.29, 0.717) is 10.9 Å². The number of rotatable bonds is 3. The van der Waals surface area contributed by atoms with Gasteiger partial charge in [0.15, 0.2) is 5.65 Å². The van der Waals surface area contributed by atoms with Gasteiger partial charge in [-0.1, -0.05) is 18.5 Å². The molecule has 2 aromatic rings. The monoisotopic (exact) mass is 283 g/mol. The van der Waals surface area contributed by atoms with E-state index in [2.05, 4.69) is 21.5 Å². The van der Waals surface area contributed by atoms with E-state index in [1.807, 2.05) is 6.07 Å². The second kappa shape index (κ2) is 4.39. The van der Waals surface area contributed by atoms with Gasteiger partial charge < -0.3 is 4.57 Å². The van der Waals surface area contributed by atoms with Crippen LogP contribution >= 0.6 is 23.2 Å². The van der Waals surface area contributed by atoms with Crippen molar-refractivity contribution in [3.8, 4) is 0 Å². The Balaban J connectivity index is 2.25. The van der Waals surface area contributed by atoms with Crippen molar-refractivity contribution in [3.63, 3.8) is 0 Å². The summed E-state index contributed by atoms with van der Waals surface area (Å²) in [5.74, 6) is 1.32. The van der Waals surface area contributed by atoms with Crippen LogP contribution in [0.15, 0.2) is 12.3 Å². The smallest absolute Gasteiger partial charge is 0.160 e. The third kappa shape index (κ3) is 1.64. The molecule has 0 spiro atoms. The minimum absolute atomic E-state index is 0.166. The fourth-order valence-corrected chi connectivity index (χ4v) is 3.23. The van der Waals surface area contributed by atoms with Gasteiger partial charge in [-0.2, -0.15) is 0 Å². The molecule has 1 saturated carbocycles. The Bertz CT molecular complexity index is 582. The molecule has 1 aliphatic rings. The molecule has 0 bridgehead atoms. The predicted molar refractivity (Wildman–Crippen MR) is 74.2 cm³/mol. The number of nitrogens with zero attached hydrogens (tertiary/aromatic N) is 3. The number of pyridine rings is 1. The van der Waals surface area contributed by atoms with Crippen LogP contribution in [-0.2, 0) is 11.4 Å². The molecule has 2 aromatic heterocycles. The summed E-state index contributed by atoms with van der Waals surface area (Å²) < 4.78 is 2.25. The number of halogens is 2. The number of fused-ring (bicyclic) bond motifs is 1. The summed E-state index contributed by atoms with van der Waals surface area (Å²) in [7, 11) is 0. The Morgan fingerprint density at radius 2 is 2.22 bits per heavy atom. The second-order valence-corrected chi connectivity index (χ2v) is 5.63. The lowest BCUT2D eigenvalue weighted by Gasteiger charge is -2.43. The fourth-order valence-electron chi connectivity index (χ4n) is 2.90. The normalized spacial score (nSPS) is 17.9. The zero-order chi connectivity index (χ0) is 12.8. The average Bonchev–Trinajstić information content (AvgIpc) is 2.67. The summed E-state index contributed by atoms with van der Waals surface area (Å²) in [6, 6.07) is 1.86. The van der Waals surface area contributed by atoms with Crippen molar-refractivity contribution in [2.45, 2.75) is 44.0 Å². The van der Waals surface area contributed by atoms with Gasteiger partial charge in [0, 0.05) is 11.7 Å². The highest BCUT2D eigenvalue weighted by Gasteiger charge is 2.39. The topological polar surface area (TPSA) is 30.7 Å². The minimum atomic E-state index is 0.166. The van der Waals surface area contributed by atoms with Crippen molar-refractivity contribution < 1.29 is 0 Å². The molecule has 0 aliphatic heterocycles. The lowest BCUT2D eigenvalue weighted by atomic mass is 9.74. The van der Waals surface area contributed by atoms with E-state index in [4.69, 9.17) is 23.2 Å². The number of hydrogen-bond donors (Lipinski definition) is 0. The van der Waals surface area contributed by atoms with Crippen molar-refractivity contribution in [1.82, 2.24) is 14.5 Å². The third-order valence-corrected chi connectivity index (χ3v) is 4.52. The van der Waals surface area contributed by atoms with Gasteiger partial charge in [0.2, 0.25) is 0 Å². The Morgan fingerprint density at radius 1 is 1.44 bits per heavy atom. The predicted octanol–water partition coefficient (Wildman–Crippen LogP) is 4.11. The van der Waals surface area contributed by atoms with Gasteiger partial charge in [-0.25, -0.2) is 9.97 Å². The molecule has 0 unspecified atom stereocenters. The molecule has 3 nitrogen and oxygen atoms in total. The molecule has 1 fully saturated rings. The SMILES string of the molecule is CCC1(n2c(CCl)nc3cc(Cl)cnc32)CCC1. The molecule has 5 heteroatoms. The first-order valence-corrected chi connectivity index (χ1v) is 7.21. The van der Waals surface area contributed by atoms with Crippen molar-refractivity contribution in [2.24, 2.45) is 0 Å². The lowest BCUT2D eigenvalue weighted by molar-refractivity contribution is 0.137. The van der Waals surface area contributed by atoms with E-state index < -0.39 is 0 Å². The molecule has 18 heavy (non-hydrogen) atoms. The highest BCUT2D eigenvalue weighted by Crippen LogP contribution is 2.44. The quantitative estimate of drug-likeness (QED) is 0.794. The van der Waals surface area contributed by atoms with Crippen LogP contribution in [0.3, 0.4) is 0 Å². The first-order valence-electron chi connectivity index (χ1n) is 6.29. The number of imidazole rings is 1. The zero-order valence-corrected chi connectivity index (χ0v) is 11.8. The van der Waals surface area contributed by atoms with Crippen LogP contribution in [0, 0.1) is 0 Å². The summed E-state index contributed by atoms with van der Waals surface area (Å²) >= 11 is 12.0. The van der Waals surface area contributed by atoms with Crippen LogP contribution in [0.4, 0.5) is 0 Å². The van der Waals surface area contributed by atoms with Crippen LogP contribution < -0.4 is 0 Å². The highest BCUT2D eigenvalue weighted by atomic mass is 35.5. The van der Waals surface area contributed by atoms with E-state index in [9.17, 15) is 0 Å². The van der Waals surface area contributed by atoms with Gasteiger partial charge in [0.1, 0.15) is 11.3 Å². The van der Waals surface area contributed by atoms with Crippen molar-refractivity contribution >= 4 is 34.4 Å². The zero-order valence-electron chi connectivity index (χ0n) is 10.3. The van der Waals surface area contributed by atoms with E-state index in [0.717, 1.165) is 23.4 Å². The molecule has 0 saturated heterocycles. The van der Waals surface area contributed by atoms with Crippen LogP contribution in [0.5, 0.6) is 0 Å². The maximum Gasteiger partial charge on any atom is 0.160 e. The molecule has 2 heterocycles. The van der Waals surface area contributed by atoms with E-state index in [1.54, 1.807) is 6.20 Å². The van der Waals surface area contributed by atoms with E-state index >= 15 is 0 Å². The molecule has 0 N–H and O–H groups in total. The van der Waals surface area contributed by atoms with Gasteiger partial charge >= 0.3 is 0 Å². The third-order valence-electron chi connectivity index (χ3n) is 4.07. The highest BCUT2D eigenvalue weighted by molar-refractivity contribution is 6.31. The molecule has 96 valence electrons. The maximum atomic E-state index is 6.04. The summed E-state index contributed by atoms with van der Waals surface area (Å²) in [5.41, 5.74) is 1.93. The first kappa shape index (κ1) is 12.2. The summed E-state index contributed by atoms with van der Waals surface area (Å²) in [5, 5.41) is 0.618. The first-order chi connectivity index (χ1) is 8.70. The molecule has 3 rings (SSSR count). The Labute approximate surface area is 116 Å². The number of aromatic nitrogens is 3. The maximum absolute atomic E-state index is 6.04. The Hall–Kier alpha value is -0.800. The Morgan fingerprint density at radius 3 is 2.78 bits per heavy atom. The number of hydrogen-bond acceptors (Lipinski definition) is 2. The van der Waals surface area contributed by atoms with Gasteiger partial charge in [-0.3, -0.25) is 0 Å². The molecule has 0 atom stereocenters. The van der Waals surface area contributed by atoms with Crippen molar-refractivity contribution in [3.05, 3.63) is 23.1 Å². The van der Waals surface area contributed by atoms with Crippen LogP contribution in [0.1, 0.15) is 38.4 Å². The molecule has 0 radical (unpaired) electrons. The van der Waals surface area contributed by atoms with Gasteiger partial charge in [-0.05, 0) is 31.7 Å². The van der Waals surface area contributed by atoms with Crippen LogP contribution in [-0.4, -0.2) is 14.5 Å². The molecular weight excluding hydrogens is 269 g/mol. The second-order valence-electron chi connectivity index (χ2n) is 4.92. The standard InChI is InChI=1S/C13H15Cl2N3/c1-2-13(4-3-5-13)18-11(7-14)17-10-6-9(15)8-16-12(10)18/h6,8H,2-5,7H2,1H3. The minimum Gasteiger partial charge on any atom is -0.305 e. The average molecular weight is 284 g/mol. The lowest BCUT2D eigenvalue weighted by Crippen LogP contribution is -2.41. The van der Waals surface area contributed by atoms with E-state index in [1.165, 1.54) is 19.3 Å². The summed E-state index contributed by atoms with van der Waals surface area (Å²) in [6.45, 7) is 2.22. The molecule has 0 aromatic carbocycles. The van der Waals surface area contributed by atoms with Crippen molar-refractivity contribution in [2.75, 3.05) is 0 Å². The molecular formula is C13H15Cl2N3. The molecule has 1 aliphatic carbocycles. The summed E-state index contributed by atoms with van der Waals surface area (Å²) in [6.07, 6.45) is 6.41. The number of alkyl halides is 1. The van der Waals surface area contributed by atoms with Gasteiger partial charge in [-0.15, -0.1) is 11.6 Å². The van der Waals surface area contributed by atoms with Gasteiger partial charge in [0.25, 0.3) is 0 Å². The summed E-state index contributed by atoms with van der Waals surface area (Å²) in [4.78, 5) is 9.03. The largest absolute Gasteiger partial charge is 0.305 e. The van der Waals surface area contributed by atoms with Crippen LogP contribution in [0.2, 0.25) is 5.02 Å². The molecule has 0 amide bonds.